The number of benzene rings is 2. The molecule has 0 spiro atoms. The minimum atomic E-state index is -1.27. The van der Waals surface area contributed by atoms with Crippen LogP contribution in [0.4, 0.5) is 4.79 Å². The lowest BCUT2D eigenvalue weighted by molar-refractivity contribution is -0.148. The highest BCUT2D eigenvalue weighted by molar-refractivity contribution is 5.99. The van der Waals surface area contributed by atoms with E-state index in [0.29, 0.717) is 48.7 Å². The highest BCUT2D eigenvalue weighted by Crippen LogP contribution is 2.36. The van der Waals surface area contributed by atoms with Crippen LogP contribution in [0.5, 0.6) is 11.5 Å². The summed E-state index contributed by atoms with van der Waals surface area (Å²) in [6.45, 7) is 10.0. The maximum atomic E-state index is 13.6. The van der Waals surface area contributed by atoms with Crippen molar-refractivity contribution in [1.82, 2.24) is 10.2 Å². The third-order valence-electron chi connectivity index (χ3n) is 7.18. The van der Waals surface area contributed by atoms with Crippen LogP contribution in [0, 0.1) is 0 Å². The number of carboxylic acids is 1. The van der Waals surface area contributed by atoms with E-state index >= 15 is 0 Å². The van der Waals surface area contributed by atoms with Gasteiger partial charge in [-0.3, -0.25) is 4.79 Å². The number of urea groups is 1. The van der Waals surface area contributed by atoms with Gasteiger partial charge in [-0.05, 0) is 77.1 Å². The summed E-state index contributed by atoms with van der Waals surface area (Å²) < 4.78 is 17.6. The Bertz CT molecular complexity index is 1120. The fraction of sp³-hybridized carbons (Fsp3) is 0.500. The van der Waals surface area contributed by atoms with Gasteiger partial charge in [0.05, 0.1) is 32.0 Å². The summed E-state index contributed by atoms with van der Waals surface area (Å²) in [6.07, 6.45) is 1.32. The van der Waals surface area contributed by atoms with E-state index in [1.807, 2.05) is 58.0 Å². The third-order valence-corrected chi connectivity index (χ3v) is 7.18. The molecule has 3 rings (SSSR count). The van der Waals surface area contributed by atoms with Gasteiger partial charge in [-0.1, -0.05) is 30.3 Å². The zero-order chi connectivity index (χ0) is 28.6. The van der Waals surface area contributed by atoms with Crippen molar-refractivity contribution in [2.24, 2.45) is 0 Å². The summed E-state index contributed by atoms with van der Waals surface area (Å²) in [6, 6.07) is 12.3. The van der Waals surface area contributed by atoms with Crippen molar-refractivity contribution in [2.75, 3.05) is 26.4 Å². The van der Waals surface area contributed by atoms with Gasteiger partial charge in [0.1, 0.15) is 22.6 Å². The molecule has 9 heteroatoms. The molecule has 2 amide bonds. The minimum absolute atomic E-state index is 0.188. The number of carbonyl (C=O) groups is 3. The van der Waals surface area contributed by atoms with E-state index in [4.69, 9.17) is 14.2 Å². The molecule has 0 aromatic heterocycles. The minimum Gasteiger partial charge on any atom is -0.493 e. The molecule has 0 radical (unpaired) electrons. The first-order valence-corrected chi connectivity index (χ1v) is 13.6. The standard InChI is InChI=1S/C30H40N2O7/c1-6-37-25-18-24(19-26(38-7-2)27(25)21(4)33)20(3)32(29(36)31-30(28(34)35)14-11-15-30)16-17-39-22(5)23-12-9-8-10-13-23/h8-10,12-13,18-20,22H,6-7,11,14-17H2,1-5H3,(H,31,36)(H,34,35)/t20-,22+/m1/s1. The molecule has 2 N–H and O–H groups in total. The Morgan fingerprint density at radius 1 is 1.00 bits per heavy atom. The van der Waals surface area contributed by atoms with E-state index < -0.39 is 23.6 Å². The molecule has 0 heterocycles. The number of hydrogen-bond acceptors (Lipinski definition) is 6. The van der Waals surface area contributed by atoms with Gasteiger partial charge in [0.2, 0.25) is 0 Å². The Morgan fingerprint density at radius 3 is 2.05 bits per heavy atom. The Labute approximate surface area is 230 Å². The topological polar surface area (TPSA) is 114 Å². The summed E-state index contributed by atoms with van der Waals surface area (Å²) in [5.74, 6) is -0.458. The van der Waals surface area contributed by atoms with Gasteiger partial charge in [-0.25, -0.2) is 9.59 Å². The van der Waals surface area contributed by atoms with Crippen molar-refractivity contribution in [3.05, 3.63) is 59.2 Å². The maximum absolute atomic E-state index is 13.6. The lowest BCUT2D eigenvalue weighted by atomic mass is 9.77. The van der Waals surface area contributed by atoms with Crippen molar-refractivity contribution in [3.8, 4) is 11.5 Å². The fourth-order valence-electron chi connectivity index (χ4n) is 4.74. The number of Topliss-reactive ketones (excluding diaryl/α,β-unsaturated/α-hetero) is 1. The van der Waals surface area contributed by atoms with Crippen LogP contribution >= 0.6 is 0 Å². The molecule has 0 unspecified atom stereocenters. The predicted octanol–water partition coefficient (Wildman–Crippen LogP) is 5.54. The molecule has 2 aromatic carbocycles. The number of amides is 2. The second-order valence-corrected chi connectivity index (χ2v) is 9.78. The van der Waals surface area contributed by atoms with Gasteiger partial charge in [-0.15, -0.1) is 0 Å². The van der Waals surface area contributed by atoms with E-state index in [1.54, 1.807) is 17.0 Å². The van der Waals surface area contributed by atoms with Gasteiger partial charge in [0.15, 0.2) is 5.78 Å². The molecule has 0 aliphatic heterocycles. The predicted molar refractivity (Wildman–Crippen MR) is 147 cm³/mol. The molecule has 0 bridgehead atoms. The van der Waals surface area contributed by atoms with Gasteiger partial charge >= 0.3 is 12.0 Å². The van der Waals surface area contributed by atoms with Crippen molar-refractivity contribution >= 4 is 17.8 Å². The normalized spacial score (nSPS) is 15.4. The highest BCUT2D eigenvalue weighted by atomic mass is 16.5. The summed E-state index contributed by atoms with van der Waals surface area (Å²) >= 11 is 0. The fourth-order valence-corrected chi connectivity index (χ4v) is 4.74. The van der Waals surface area contributed by atoms with Crippen molar-refractivity contribution in [1.29, 1.82) is 0 Å². The summed E-state index contributed by atoms with van der Waals surface area (Å²) in [4.78, 5) is 39.6. The van der Waals surface area contributed by atoms with Crippen molar-refractivity contribution in [2.45, 2.75) is 71.6 Å². The van der Waals surface area contributed by atoms with E-state index in [9.17, 15) is 19.5 Å². The quantitative estimate of drug-likeness (QED) is 0.302. The van der Waals surface area contributed by atoms with Gasteiger partial charge in [0, 0.05) is 6.54 Å². The molecule has 9 nitrogen and oxygen atoms in total. The zero-order valence-corrected chi connectivity index (χ0v) is 23.5. The summed E-state index contributed by atoms with van der Waals surface area (Å²) in [7, 11) is 0. The van der Waals surface area contributed by atoms with Crippen LogP contribution in [0.3, 0.4) is 0 Å². The van der Waals surface area contributed by atoms with E-state index in [-0.39, 0.29) is 25.0 Å². The molecule has 1 fully saturated rings. The Morgan fingerprint density at radius 2 is 1.59 bits per heavy atom. The number of hydrogen-bond donors (Lipinski definition) is 2. The number of carboxylic acid groups (broad SMARTS) is 1. The lowest BCUT2D eigenvalue weighted by Gasteiger charge is -2.41. The smallest absolute Gasteiger partial charge is 0.329 e. The average molecular weight is 541 g/mol. The van der Waals surface area contributed by atoms with Crippen molar-refractivity contribution < 1.29 is 33.7 Å². The maximum Gasteiger partial charge on any atom is 0.329 e. The van der Waals surface area contributed by atoms with Crippen LogP contribution in [0.15, 0.2) is 42.5 Å². The molecule has 2 aromatic rings. The first-order valence-electron chi connectivity index (χ1n) is 13.6. The van der Waals surface area contributed by atoms with Crippen LogP contribution in [0.2, 0.25) is 0 Å². The number of aliphatic carboxylic acids is 1. The number of rotatable bonds is 14. The number of nitrogens with one attached hydrogen (secondary N) is 1. The lowest BCUT2D eigenvalue weighted by Crippen LogP contribution is -2.62. The molecule has 0 saturated heterocycles. The molecule has 212 valence electrons. The third kappa shape index (κ3) is 7.09. The molecular formula is C30H40N2O7. The molecular weight excluding hydrogens is 500 g/mol. The van der Waals surface area contributed by atoms with Gasteiger partial charge in [-0.2, -0.15) is 0 Å². The number of nitrogens with zero attached hydrogens (tertiary/aromatic N) is 1. The van der Waals surface area contributed by atoms with E-state index in [0.717, 1.165) is 12.0 Å². The first kappa shape index (κ1) is 30.0. The van der Waals surface area contributed by atoms with Crippen LogP contribution in [-0.2, 0) is 9.53 Å². The van der Waals surface area contributed by atoms with E-state index in [2.05, 4.69) is 5.32 Å². The SMILES string of the molecule is CCOc1cc([C@@H](C)N(CCO[C@@H](C)c2ccccc2)C(=O)NC2(C(=O)O)CCC2)cc(OCC)c1C(C)=O. The molecule has 1 aliphatic carbocycles. The number of carbonyl (C=O) groups excluding carboxylic acids is 2. The second kappa shape index (κ2) is 13.5. The molecule has 1 saturated carbocycles. The van der Waals surface area contributed by atoms with Crippen LogP contribution < -0.4 is 14.8 Å². The van der Waals surface area contributed by atoms with Crippen LogP contribution in [-0.4, -0.2) is 59.7 Å². The Hall–Kier alpha value is -3.59. The summed E-state index contributed by atoms with van der Waals surface area (Å²) in [5, 5.41) is 12.6. The molecule has 39 heavy (non-hydrogen) atoms. The summed E-state index contributed by atoms with van der Waals surface area (Å²) in [5.41, 5.74) is 0.795. The number of ketones is 1. The monoisotopic (exact) mass is 540 g/mol. The largest absolute Gasteiger partial charge is 0.493 e. The second-order valence-electron chi connectivity index (χ2n) is 9.78. The Balaban J connectivity index is 1.91. The highest BCUT2D eigenvalue weighted by Gasteiger charge is 2.46. The van der Waals surface area contributed by atoms with E-state index in [1.165, 1.54) is 6.92 Å². The zero-order valence-electron chi connectivity index (χ0n) is 23.5. The number of ether oxygens (including phenoxy) is 3. The average Bonchev–Trinajstić information content (AvgIpc) is 2.88. The Kier molecular flexibility index (Phi) is 10.3. The van der Waals surface area contributed by atoms with Gasteiger partial charge < -0.3 is 29.5 Å². The molecule has 2 atom stereocenters. The first-order chi connectivity index (χ1) is 18.6. The van der Waals surface area contributed by atoms with Crippen molar-refractivity contribution in [3.63, 3.8) is 0 Å². The van der Waals surface area contributed by atoms with Crippen LogP contribution in [0.25, 0.3) is 0 Å². The molecule has 1 aliphatic rings. The van der Waals surface area contributed by atoms with Crippen LogP contribution in [0.1, 0.15) is 87.5 Å². The van der Waals surface area contributed by atoms with Gasteiger partial charge in [0.25, 0.3) is 0 Å².